The molecule has 154 valence electrons. The number of hydrogen-bond acceptors (Lipinski definition) is 5. The number of hydrogen-bond donors (Lipinski definition) is 0. The van der Waals surface area contributed by atoms with Crippen LogP contribution in [-0.4, -0.2) is 22.6 Å². The predicted octanol–water partition coefficient (Wildman–Crippen LogP) is 5.22. The summed E-state index contributed by atoms with van der Waals surface area (Å²) in [5, 5.41) is 3.16. The molecule has 0 saturated heterocycles. The fourth-order valence-electron chi connectivity index (χ4n) is 3.57. The third-order valence-corrected chi connectivity index (χ3v) is 6.35. The molecule has 30 heavy (non-hydrogen) atoms. The Morgan fingerprint density at radius 3 is 1.90 bits per heavy atom. The number of rotatable bonds is 6. The van der Waals surface area contributed by atoms with E-state index in [-0.39, 0.29) is 11.5 Å². The van der Waals surface area contributed by atoms with Gasteiger partial charge in [-0.1, -0.05) is 54.1 Å². The molecule has 0 unspecified atom stereocenters. The van der Waals surface area contributed by atoms with Gasteiger partial charge >= 0.3 is 0 Å². The zero-order valence-electron chi connectivity index (χ0n) is 17.0. The number of benzene rings is 4. The Balaban J connectivity index is 1.80. The summed E-state index contributed by atoms with van der Waals surface area (Å²) in [5.74, 6) is 1.27. The lowest BCUT2D eigenvalue weighted by Gasteiger charge is -2.16. The van der Waals surface area contributed by atoms with Crippen molar-refractivity contribution in [1.82, 2.24) is 0 Å². The van der Waals surface area contributed by atoms with Gasteiger partial charge in [-0.05, 0) is 30.7 Å². The van der Waals surface area contributed by atoms with E-state index in [4.69, 9.17) is 13.7 Å². The lowest BCUT2D eigenvalue weighted by Crippen LogP contribution is -2.07. The maximum absolute atomic E-state index is 12.8. The summed E-state index contributed by atoms with van der Waals surface area (Å²) in [6.45, 7) is 1.95. The van der Waals surface area contributed by atoms with Gasteiger partial charge in [-0.25, -0.2) is 0 Å². The van der Waals surface area contributed by atoms with Crippen molar-refractivity contribution in [2.75, 3.05) is 14.2 Å². The fraction of sp³-hybridized carbons (Fsp3) is 0.167. The van der Waals surface area contributed by atoms with Gasteiger partial charge in [0, 0.05) is 21.5 Å². The minimum atomic E-state index is -3.95. The van der Waals surface area contributed by atoms with Gasteiger partial charge in [-0.2, -0.15) is 8.42 Å². The summed E-state index contributed by atoms with van der Waals surface area (Å²) in [4.78, 5) is 0.0674. The zero-order valence-corrected chi connectivity index (χ0v) is 17.8. The van der Waals surface area contributed by atoms with E-state index < -0.39 is 10.1 Å². The molecule has 0 atom stereocenters. The SMILES string of the molecule is COc1c2ccccc2c(OC)c2cc(S(=O)(=O)OCc3ccc(C)cc3)ccc12. The molecular weight excluding hydrogens is 400 g/mol. The van der Waals surface area contributed by atoms with Crippen LogP contribution in [0.5, 0.6) is 11.5 Å². The molecule has 4 aromatic rings. The van der Waals surface area contributed by atoms with Crippen molar-refractivity contribution < 1.29 is 22.1 Å². The van der Waals surface area contributed by atoms with Crippen LogP contribution in [0.1, 0.15) is 11.1 Å². The Labute approximate surface area is 175 Å². The first kappa shape index (κ1) is 20.2. The topological polar surface area (TPSA) is 61.8 Å². The third kappa shape index (κ3) is 3.60. The van der Waals surface area contributed by atoms with Crippen LogP contribution in [0.15, 0.2) is 71.6 Å². The van der Waals surface area contributed by atoms with Gasteiger partial charge < -0.3 is 9.47 Å². The van der Waals surface area contributed by atoms with Crippen LogP contribution >= 0.6 is 0 Å². The van der Waals surface area contributed by atoms with Gasteiger partial charge in [0.2, 0.25) is 0 Å². The number of ether oxygens (including phenoxy) is 2. The molecule has 0 bridgehead atoms. The summed E-state index contributed by atoms with van der Waals surface area (Å²) in [6, 6.07) is 20.1. The van der Waals surface area contributed by atoms with E-state index in [0.717, 1.165) is 27.3 Å². The first-order valence-corrected chi connectivity index (χ1v) is 10.9. The van der Waals surface area contributed by atoms with E-state index in [9.17, 15) is 8.42 Å². The molecule has 0 aromatic heterocycles. The molecule has 0 saturated carbocycles. The van der Waals surface area contributed by atoms with E-state index in [0.29, 0.717) is 16.9 Å². The van der Waals surface area contributed by atoms with Crippen molar-refractivity contribution in [2.45, 2.75) is 18.4 Å². The van der Waals surface area contributed by atoms with Crippen LogP contribution in [0.4, 0.5) is 0 Å². The molecule has 0 amide bonds. The number of methoxy groups -OCH3 is 2. The maximum atomic E-state index is 12.8. The van der Waals surface area contributed by atoms with Gasteiger partial charge in [0.15, 0.2) is 0 Å². The highest BCUT2D eigenvalue weighted by atomic mass is 32.2. The first-order valence-electron chi connectivity index (χ1n) is 9.46. The van der Waals surface area contributed by atoms with Crippen molar-refractivity contribution in [3.63, 3.8) is 0 Å². The maximum Gasteiger partial charge on any atom is 0.297 e. The lowest BCUT2D eigenvalue weighted by molar-refractivity contribution is 0.308. The van der Waals surface area contributed by atoms with E-state index in [1.807, 2.05) is 55.5 Å². The summed E-state index contributed by atoms with van der Waals surface area (Å²) in [7, 11) is -0.782. The van der Waals surface area contributed by atoms with E-state index >= 15 is 0 Å². The Kier molecular flexibility index (Phi) is 5.37. The number of fused-ring (bicyclic) bond motifs is 2. The van der Waals surface area contributed by atoms with Crippen LogP contribution in [0, 0.1) is 6.92 Å². The van der Waals surface area contributed by atoms with Gasteiger partial charge in [-0.3, -0.25) is 4.18 Å². The molecular formula is C24H22O5S. The molecule has 6 heteroatoms. The molecule has 0 aliphatic heterocycles. The van der Waals surface area contributed by atoms with Crippen LogP contribution < -0.4 is 9.47 Å². The average molecular weight is 423 g/mol. The molecule has 4 rings (SSSR count). The Morgan fingerprint density at radius 1 is 0.733 bits per heavy atom. The zero-order chi connectivity index (χ0) is 21.3. The minimum absolute atomic E-state index is 0.0289. The summed E-state index contributed by atoms with van der Waals surface area (Å²) >= 11 is 0. The molecule has 0 spiro atoms. The molecule has 0 heterocycles. The Bertz CT molecular complexity index is 1330. The Hall–Kier alpha value is -3.09. The van der Waals surface area contributed by atoms with Crippen molar-refractivity contribution in [3.8, 4) is 11.5 Å². The minimum Gasteiger partial charge on any atom is -0.495 e. The molecule has 4 aromatic carbocycles. The van der Waals surface area contributed by atoms with Gasteiger partial charge in [-0.15, -0.1) is 0 Å². The number of aryl methyl sites for hydroxylation is 1. The van der Waals surface area contributed by atoms with Gasteiger partial charge in [0.25, 0.3) is 10.1 Å². The predicted molar refractivity (Wildman–Crippen MR) is 118 cm³/mol. The van der Waals surface area contributed by atoms with Crippen molar-refractivity contribution in [3.05, 3.63) is 77.9 Å². The molecule has 0 aliphatic rings. The monoisotopic (exact) mass is 422 g/mol. The Morgan fingerprint density at radius 2 is 1.30 bits per heavy atom. The smallest absolute Gasteiger partial charge is 0.297 e. The van der Waals surface area contributed by atoms with Crippen molar-refractivity contribution in [1.29, 1.82) is 0 Å². The van der Waals surface area contributed by atoms with Crippen LogP contribution in [0.25, 0.3) is 21.5 Å². The molecule has 0 fully saturated rings. The quantitative estimate of drug-likeness (QED) is 0.315. The second kappa shape index (κ2) is 7.97. The van der Waals surface area contributed by atoms with Crippen molar-refractivity contribution >= 4 is 31.7 Å². The summed E-state index contributed by atoms with van der Waals surface area (Å²) in [6.07, 6.45) is 0. The lowest BCUT2D eigenvalue weighted by atomic mass is 10.0. The third-order valence-electron chi connectivity index (χ3n) is 5.09. The summed E-state index contributed by atoms with van der Waals surface area (Å²) in [5.41, 5.74) is 1.89. The highest BCUT2D eigenvalue weighted by Gasteiger charge is 2.20. The molecule has 0 radical (unpaired) electrons. The average Bonchev–Trinajstić information content (AvgIpc) is 2.76. The largest absolute Gasteiger partial charge is 0.495 e. The van der Waals surface area contributed by atoms with E-state index in [2.05, 4.69) is 0 Å². The summed E-state index contributed by atoms with van der Waals surface area (Å²) < 4.78 is 42.3. The second-order valence-corrected chi connectivity index (χ2v) is 8.64. The van der Waals surface area contributed by atoms with Crippen LogP contribution in [-0.2, 0) is 20.9 Å². The van der Waals surface area contributed by atoms with E-state index in [1.54, 1.807) is 26.4 Å². The normalized spacial score (nSPS) is 11.7. The molecule has 0 N–H and O–H groups in total. The van der Waals surface area contributed by atoms with Crippen LogP contribution in [0.2, 0.25) is 0 Å². The standard InChI is InChI=1S/C24H22O5S/c1-16-8-10-17(11-9-16)15-29-30(25,26)18-12-13-21-22(14-18)24(28-3)20-7-5-4-6-19(20)23(21)27-2/h4-14H,15H2,1-3H3. The molecule has 5 nitrogen and oxygen atoms in total. The fourth-order valence-corrected chi connectivity index (χ4v) is 4.50. The highest BCUT2D eigenvalue weighted by molar-refractivity contribution is 7.86. The van der Waals surface area contributed by atoms with Crippen molar-refractivity contribution in [2.24, 2.45) is 0 Å². The van der Waals surface area contributed by atoms with Gasteiger partial charge in [0.1, 0.15) is 11.5 Å². The highest BCUT2D eigenvalue weighted by Crippen LogP contribution is 2.43. The van der Waals surface area contributed by atoms with E-state index in [1.165, 1.54) is 6.07 Å². The first-order chi connectivity index (χ1) is 14.4. The second-order valence-electron chi connectivity index (χ2n) is 7.02. The van der Waals surface area contributed by atoms with Gasteiger partial charge in [0.05, 0.1) is 25.7 Å². The molecule has 0 aliphatic carbocycles. The van der Waals surface area contributed by atoms with Crippen LogP contribution in [0.3, 0.4) is 0 Å².